The van der Waals surface area contributed by atoms with Gasteiger partial charge >= 0.3 is 0 Å². The Morgan fingerprint density at radius 3 is 2.32 bits per heavy atom. The molecule has 0 radical (unpaired) electrons. The first-order valence-electron chi connectivity index (χ1n) is 8.04. The summed E-state index contributed by atoms with van der Waals surface area (Å²) < 4.78 is 3.52. The maximum absolute atomic E-state index is 12.5. The van der Waals surface area contributed by atoms with Gasteiger partial charge in [0.2, 0.25) is 5.91 Å². The van der Waals surface area contributed by atoms with Crippen LogP contribution in [0.2, 0.25) is 0 Å². The minimum atomic E-state index is -0.174. The van der Waals surface area contributed by atoms with E-state index >= 15 is 0 Å². The fourth-order valence-corrected chi connectivity index (χ4v) is 2.82. The van der Waals surface area contributed by atoms with E-state index < -0.39 is 0 Å². The fraction of sp³-hybridized carbons (Fsp3) is 0.211. The topological polar surface area (TPSA) is 68.9 Å². The number of hydrogen-bond donors (Lipinski definition) is 1. The third kappa shape index (κ3) is 3.68. The molecule has 6 nitrogen and oxygen atoms in total. The Bertz CT molecular complexity index is 945. The van der Waals surface area contributed by atoms with Crippen LogP contribution in [0, 0.1) is 20.8 Å². The predicted molar refractivity (Wildman–Crippen MR) is 97.1 cm³/mol. The second-order valence-electron chi connectivity index (χ2n) is 6.03. The Morgan fingerprint density at radius 2 is 1.68 bits per heavy atom. The lowest BCUT2D eigenvalue weighted by Gasteiger charge is -2.14. The summed E-state index contributed by atoms with van der Waals surface area (Å²) in [5, 5.41) is 7.35. The highest BCUT2D eigenvalue weighted by atomic mass is 16.2. The minimum Gasteiger partial charge on any atom is -0.340 e. The summed E-state index contributed by atoms with van der Waals surface area (Å²) in [4.78, 5) is 24.0. The monoisotopic (exact) mass is 336 g/mol. The van der Waals surface area contributed by atoms with Crippen molar-refractivity contribution in [3.63, 3.8) is 0 Å². The van der Waals surface area contributed by atoms with Crippen molar-refractivity contribution in [3.8, 4) is 5.69 Å². The summed E-state index contributed by atoms with van der Waals surface area (Å²) >= 11 is 0. The van der Waals surface area contributed by atoms with Gasteiger partial charge in [-0.1, -0.05) is 18.2 Å². The Kier molecular flexibility index (Phi) is 4.52. The first kappa shape index (κ1) is 16.7. The van der Waals surface area contributed by atoms with Crippen LogP contribution < -0.4 is 10.7 Å². The molecule has 25 heavy (non-hydrogen) atoms. The molecule has 0 atom stereocenters. The lowest BCUT2D eigenvalue weighted by molar-refractivity contribution is -0.116. The summed E-state index contributed by atoms with van der Waals surface area (Å²) in [6.45, 7) is 5.65. The van der Waals surface area contributed by atoms with Crippen molar-refractivity contribution >= 4 is 11.7 Å². The van der Waals surface area contributed by atoms with Crippen molar-refractivity contribution < 1.29 is 4.79 Å². The number of aromatic nitrogens is 3. The Morgan fingerprint density at radius 1 is 1.04 bits per heavy atom. The van der Waals surface area contributed by atoms with Gasteiger partial charge in [-0.2, -0.15) is 5.10 Å². The summed E-state index contributed by atoms with van der Waals surface area (Å²) in [7, 11) is 0. The van der Waals surface area contributed by atoms with E-state index in [9.17, 15) is 9.59 Å². The SMILES string of the molecule is Cc1cc(NC(=O)Cn2c(C)cc(=O)cc2C)n(-c2ccccc2)n1. The molecule has 1 N–H and O–H groups in total. The normalized spacial score (nSPS) is 10.7. The van der Waals surface area contributed by atoms with E-state index in [1.807, 2.05) is 61.7 Å². The largest absolute Gasteiger partial charge is 0.340 e. The van der Waals surface area contributed by atoms with E-state index in [1.165, 1.54) is 12.1 Å². The van der Waals surface area contributed by atoms with Gasteiger partial charge in [-0.3, -0.25) is 9.59 Å². The first-order valence-corrected chi connectivity index (χ1v) is 8.04. The fourth-order valence-electron chi connectivity index (χ4n) is 2.82. The number of carbonyl (C=O) groups excluding carboxylic acids is 1. The molecule has 0 aliphatic rings. The zero-order valence-electron chi connectivity index (χ0n) is 14.5. The number of pyridine rings is 1. The van der Waals surface area contributed by atoms with Crippen LogP contribution in [0.1, 0.15) is 17.1 Å². The Hall–Kier alpha value is -3.15. The number of amides is 1. The van der Waals surface area contributed by atoms with E-state index in [-0.39, 0.29) is 17.9 Å². The average molecular weight is 336 g/mol. The molecule has 0 saturated heterocycles. The molecule has 0 fully saturated rings. The maximum atomic E-state index is 12.5. The molecule has 2 aromatic heterocycles. The number of para-hydroxylation sites is 1. The zero-order chi connectivity index (χ0) is 18.0. The first-order chi connectivity index (χ1) is 11.9. The van der Waals surface area contributed by atoms with Gasteiger partial charge in [-0.15, -0.1) is 0 Å². The predicted octanol–water partition coefficient (Wildman–Crippen LogP) is 2.60. The van der Waals surface area contributed by atoms with Crippen LogP contribution in [-0.4, -0.2) is 20.3 Å². The summed E-state index contributed by atoms with van der Waals surface area (Å²) in [6.07, 6.45) is 0. The van der Waals surface area contributed by atoms with E-state index in [2.05, 4.69) is 10.4 Å². The van der Waals surface area contributed by atoms with Gasteiger partial charge in [-0.05, 0) is 32.9 Å². The lowest BCUT2D eigenvalue weighted by atomic mass is 10.3. The van der Waals surface area contributed by atoms with Crippen LogP contribution in [0.4, 0.5) is 5.82 Å². The van der Waals surface area contributed by atoms with E-state index in [1.54, 1.807) is 4.68 Å². The smallest absolute Gasteiger partial charge is 0.245 e. The lowest BCUT2D eigenvalue weighted by Crippen LogP contribution is -2.24. The van der Waals surface area contributed by atoms with Crippen LogP contribution >= 0.6 is 0 Å². The van der Waals surface area contributed by atoms with Crippen molar-refractivity contribution in [1.29, 1.82) is 0 Å². The van der Waals surface area contributed by atoms with Gasteiger partial charge in [0.25, 0.3) is 0 Å². The molecular weight excluding hydrogens is 316 g/mol. The molecular formula is C19H20N4O2. The molecule has 0 spiro atoms. The van der Waals surface area contributed by atoms with Crippen molar-refractivity contribution in [2.24, 2.45) is 0 Å². The number of anilines is 1. The summed E-state index contributed by atoms with van der Waals surface area (Å²) in [5.74, 6) is 0.442. The molecule has 0 bridgehead atoms. The van der Waals surface area contributed by atoms with E-state index in [0.29, 0.717) is 5.82 Å². The van der Waals surface area contributed by atoms with Crippen LogP contribution in [0.5, 0.6) is 0 Å². The van der Waals surface area contributed by atoms with Crippen molar-refractivity contribution in [2.75, 3.05) is 5.32 Å². The van der Waals surface area contributed by atoms with Crippen molar-refractivity contribution in [1.82, 2.24) is 14.3 Å². The van der Waals surface area contributed by atoms with Crippen LogP contribution in [-0.2, 0) is 11.3 Å². The summed E-state index contributed by atoms with van der Waals surface area (Å²) in [6, 6.07) is 14.5. The third-order valence-corrected chi connectivity index (χ3v) is 3.96. The highest BCUT2D eigenvalue weighted by Gasteiger charge is 2.12. The third-order valence-electron chi connectivity index (χ3n) is 3.96. The van der Waals surface area contributed by atoms with Crippen LogP contribution in [0.15, 0.2) is 53.3 Å². The van der Waals surface area contributed by atoms with Crippen LogP contribution in [0.25, 0.3) is 5.69 Å². The quantitative estimate of drug-likeness (QED) is 0.796. The molecule has 1 amide bonds. The molecule has 2 heterocycles. The number of rotatable bonds is 4. The number of aryl methyl sites for hydroxylation is 3. The highest BCUT2D eigenvalue weighted by molar-refractivity contribution is 5.90. The zero-order valence-corrected chi connectivity index (χ0v) is 14.5. The molecule has 0 saturated carbocycles. The molecule has 3 rings (SSSR count). The van der Waals surface area contributed by atoms with Gasteiger partial charge in [0.05, 0.1) is 11.4 Å². The molecule has 0 unspecified atom stereocenters. The standard InChI is InChI=1S/C19H20N4O2/c1-13-9-18(23(21-13)16-7-5-4-6-8-16)20-19(25)12-22-14(2)10-17(24)11-15(22)3/h4-11H,12H2,1-3H3,(H,20,25). The highest BCUT2D eigenvalue weighted by Crippen LogP contribution is 2.17. The number of nitrogens with zero attached hydrogens (tertiary/aromatic N) is 3. The second-order valence-corrected chi connectivity index (χ2v) is 6.03. The molecule has 3 aromatic rings. The second kappa shape index (κ2) is 6.76. The van der Waals surface area contributed by atoms with Gasteiger partial charge in [0.15, 0.2) is 5.43 Å². The molecule has 0 aliphatic heterocycles. The Balaban J connectivity index is 1.84. The van der Waals surface area contributed by atoms with E-state index in [4.69, 9.17) is 0 Å². The van der Waals surface area contributed by atoms with Crippen molar-refractivity contribution in [2.45, 2.75) is 27.3 Å². The number of carbonyl (C=O) groups is 1. The number of benzene rings is 1. The Labute approximate surface area is 145 Å². The maximum Gasteiger partial charge on any atom is 0.245 e. The molecule has 1 aromatic carbocycles. The average Bonchev–Trinajstić information content (AvgIpc) is 2.92. The number of nitrogens with one attached hydrogen (secondary N) is 1. The van der Waals surface area contributed by atoms with Gasteiger partial charge in [-0.25, -0.2) is 4.68 Å². The van der Waals surface area contributed by atoms with Gasteiger partial charge in [0.1, 0.15) is 12.4 Å². The van der Waals surface area contributed by atoms with Gasteiger partial charge in [0, 0.05) is 29.6 Å². The van der Waals surface area contributed by atoms with E-state index in [0.717, 1.165) is 22.8 Å². The summed E-state index contributed by atoms with van der Waals surface area (Å²) in [5.41, 5.74) is 3.15. The minimum absolute atomic E-state index is 0.0514. The molecule has 0 aliphatic carbocycles. The van der Waals surface area contributed by atoms with Gasteiger partial charge < -0.3 is 9.88 Å². The number of hydrogen-bond acceptors (Lipinski definition) is 3. The van der Waals surface area contributed by atoms with Crippen LogP contribution in [0.3, 0.4) is 0 Å². The molecule has 6 heteroatoms. The molecule has 128 valence electrons. The van der Waals surface area contributed by atoms with Crippen molar-refractivity contribution in [3.05, 3.63) is 75.8 Å².